The Labute approximate surface area is 103 Å². The summed E-state index contributed by atoms with van der Waals surface area (Å²) in [5.74, 6) is 0.814. The fraction of sp³-hybridized carbons (Fsp3) is 0.571. The van der Waals surface area contributed by atoms with Crippen molar-refractivity contribution in [3.63, 3.8) is 0 Å². The lowest BCUT2D eigenvalue weighted by molar-refractivity contribution is 0.0582. The first-order chi connectivity index (χ1) is 8.09. The number of aryl methyl sites for hydroxylation is 2. The van der Waals surface area contributed by atoms with Crippen molar-refractivity contribution in [1.82, 2.24) is 0 Å². The third-order valence-electron chi connectivity index (χ3n) is 3.69. The van der Waals surface area contributed by atoms with Crippen molar-refractivity contribution in [1.29, 1.82) is 0 Å². The van der Waals surface area contributed by atoms with E-state index in [1.165, 1.54) is 5.56 Å². The van der Waals surface area contributed by atoms with Gasteiger partial charge in [-0.1, -0.05) is 0 Å². The second kappa shape index (κ2) is 5.07. The van der Waals surface area contributed by atoms with Crippen LogP contribution in [0.4, 0.5) is 0 Å². The van der Waals surface area contributed by atoms with Crippen LogP contribution in [0.25, 0.3) is 0 Å². The molecule has 0 amide bonds. The smallest absolute Gasteiger partial charge is 0.116 e. The maximum atomic E-state index is 9.55. The zero-order chi connectivity index (χ0) is 12.4. The molecule has 1 aliphatic rings. The average molecular weight is 235 g/mol. The number of phenols is 1. The van der Waals surface area contributed by atoms with Crippen molar-refractivity contribution < 1.29 is 9.84 Å². The van der Waals surface area contributed by atoms with Gasteiger partial charge in [-0.25, -0.2) is 0 Å². The van der Waals surface area contributed by atoms with Crippen molar-refractivity contribution in [2.45, 2.75) is 32.7 Å². The van der Waals surface area contributed by atoms with E-state index in [0.29, 0.717) is 11.7 Å². The number of ether oxygens (including phenoxy) is 1. The molecular formula is C14H21NO2. The SMILES string of the molecule is Cc1cc(O)cc(C)c1[C@H](N)C1CCOCC1. The number of aromatic hydroxyl groups is 1. The standard InChI is InChI=1S/C14H21NO2/c1-9-7-12(16)8-10(2)13(9)14(15)11-3-5-17-6-4-11/h7-8,11,14,16H,3-6,15H2,1-2H3/t14-/m1/s1. The zero-order valence-corrected chi connectivity index (χ0v) is 10.6. The molecule has 0 radical (unpaired) electrons. The van der Waals surface area contributed by atoms with Crippen molar-refractivity contribution in [2.75, 3.05) is 13.2 Å². The van der Waals surface area contributed by atoms with Crippen LogP contribution in [-0.4, -0.2) is 18.3 Å². The highest BCUT2D eigenvalue weighted by atomic mass is 16.5. The Morgan fingerprint density at radius 2 is 1.76 bits per heavy atom. The highest BCUT2D eigenvalue weighted by molar-refractivity contribution is 5.42. The van der Waals surface area contributed by atoms with Crippen LogP contribution in [0.3, 0.4) is 0 Å². The third kappa shape index (κ3) is 2.61. The minimum absolute atomic E-state index is 0.0551. The molecule has 94 valence electrons. The van der Waals surface area contributed by atoms with Crippen LogP contribution in [0.5, 0.6) is 5.75 Å². The van der Waals surface area contributed by atoms with Gasteiger partial charge < -0.3 is 15.6 Å². The second-order valence-corrected chi connectivity index (χ2v) is 4.97. The molecule has 1 fully saturated rings. The first-order valence-corrected chi connectivity index (χ1v) is 6.23. The van der Waals surface area contributed by atoms with Crippen LogP contribution in [0.15, 0.2) is 12.1 Å². The predicted molar refractivity (Wildman–Crippen MR) is 68.1 cm³/mol. The molecule has 3 heteroatoms. The maximum Gasteiger partial charge on any atom is 0.116 e. The van der Waals surface area contributed by atoms with Gasteiger partial charge in [0.05, 0.1) is 0 Å². The molecule has 0 spiro atoms. The summed E-state index contributed by atoms with van der Waals surface area (Å²) in [6.07, 6.45) is 2.06. The van der Waals surface area contributed by atoms with Gasteiger partial charge in [-0.2, -0.15) is 0 Å². The van der Waals surface area contributed by atoms with Crippen molar-refractivity contribution in [3.05, 3.63) is 28.8 Å². The molecule has 1 heterocycles. The monoisotopic (exact) mass is 235 g/mol. The van der Waals surface area contributed by atoms with E-state index < -0.39 is 0 Å². The summed E-state index contributed by atoms with van der Waals surface area (Å²) >= 11 is 0. The quantitative estimate of drug-likeness (QED) is 0.827. The number of phenolic OH excluding ortho intramolecular Hbond substituents is 1. The van der Waals surface area contributed by atoms with Gasteiger partial charge in [0.25, 0.3) is 0 Å². The first-order valence-electron chi connectivity index (χ1n) is 6.23. The molecule has 0 bridgehead atoms. The zero-order valence-electron chi connectivity index (χ0n) is 10.6. The molecule has 3 N–H and O–H groups in total. The maximum absolute atomic E-state index is 9.55. The fourth-order valence-corrected chi connectivity index (χ4v) is 2.79. The van der Waals surface area contributed by atoms with Gasteiger partial charge in [0.15, 0.2) is 0 Å². The minimum atomic E-state index is 0.0551. The van der Waals surface area contributed by atoms with Gasteiger partial charge in [0, 0.05) is 19.3 Å². The molecule has 1 saturated heterocycles. The number of benzene rings is 1. The van der Waals surface area contributed by atoms with Crippen LogP contribution in [0, 0.1) is 19.8 Å². The Kier molecular flexibility index (Phi) is 3.69. The number of hydrogen-bond donors (Lipinski definition) is 2. The normalized spacial score (nSPS) is 19.2. The predicted octanol–water partition coefficient (Wildman–Crippen LogP) is 2.44. The number of rotatable bonds is 2. The van der Waals surface area contributed by atoms with Crippen molar-refractivity contribution >= 4 is 0 Å². The van der Waals surface area contributed by atoms with Crippen molar-refractivity contribution in [2.24, 2.45) is 11.7 Å². The molecule has 1 atom stereocenters. The topological polar surface area (TPSA) is 55.5 Å². The molecule has 1 aliphatic heterocycles. The molecule has 1 aromatic rings. The van der Waals surface area contributed by atoms with Crippen LogP contribution in [0.2, 0.25) is 0 Å². The van der Waals surface area contributed by atoms with E-state index >= 15 is 0 Å². The van der Waals surface area contributed by atoms with Gasteiger partial charge in [0.1, 0.15) is 5.75 Å². The minimum Gasteiger partial charge on any atom is -0.508 e. The molecule has 0 aromatic heterocycles. The van der Waals surface area contributed by atoms with Gasteiger partial charge in [-0.3, -0.25) is 0 Å². The third-order valence-corrected chi connectivity index (χ3v) is 3.69. The Balaban J connectivity index is 2.26. The van der Waals surface area contributed by atoms with E-state index in [9.17, 15) is 5.11 Å². The Morgan fingerprint density at radius 3 is 2.29 bits per heavy atom. The molecular weight excluding hydrogens is 214 g/mol. The average Bonchev–Trinajstić information content (AvgIpc) is 2.28. The van der Waals surface area contributed by atoms with Gasteiger partial charge in [-0.05, 0) is 61.4 Å². The van der Waals surface area contributed by atoms with E-state index in [1.807, 2.05) is 13.8 Å². The summed E-state index contributed by atoms with van der Waals surface area (Å²) in [6, 6.07) is 3.64. The largest absolute Gasteiger partial charge is 0.508 e. The number of nitrogens with two attached hydrogens (primary N) is 1. The highest BCUT2D eigenvalue weighted by Crippen LogP contribution is 2.33. The lowest BCUT2D eigenvalue weighted by atomic mass is 9.84. The fourth-order valence-electron chi connectivity index (χ4n) is 2.79. The lowest BCUT2D eigenvalue weighted by Crippen LogP contribution is -2.28. The summed E-state index contributed by atoms with van der Waals surface area (Å²) in [5.41, 5.74) is 9.74. The molecule has 0 saturated carbocycles. The van der Waals surface area contributed by atoms with Gasteiger partial charge in [0.2, 0.25) is 0 Å². The molecule has 1 aromatic carbocycles. The van der Waals surface area contributed by atoms with E-state index in [0.717, 1.165) is 37.2 Å². The molecule has 0 unspecified atom stereocenters. The van der Waals surface area contributed by atoms with E-state index in [2.05, 4.69) is 0 Å². The van der Waals surface area contributed by atoms with Crippen LogP contribution in [0.1, 0.15) is 35.6 Å². The Hall–Kier alpha value is -1.06. The van der Waals surface area contributed by atoms with Crippen LogP contribution >= 0.6 is 0 Å². The summed E-state index contributed by atoms with van der Waals surface area (Å²) in [6.45, 7) is 5.66. The van der Waals surface area contributed by atoms with E-state index in [-0.39, 0.29) is 6.04 Å². The summed E-state index contributed by atoms with van der Waals surface area (Å²) < 4.78 is 5.37. The lowest BCUT2D eigenvalue weighted by Gasteiger charge is -2.29. The van der Waals surface area contributed by atoms with E-state index in [1.54, 1.807) is 12.1 Å². The van der Waals surface area contributed by atoms with Gasteiger partial charge >= 0.3 is 0 Å². The summed E-state index contributed by atoms with van der Waals surface area (Å²) in [5, 5.41) is 9.55. The molecule has 3 nitrogen and oxygen atoms in total. The molecule has 2 rings (SSSR count). The first kappa shape index (κ1) is 12.4. The van der Waals surface area contributed by atoms with Crippen LogP contribution in [-0.2, 0) is 4.74 Å². The highest BCUT2D eigenvalue weighted by Gasteiger charge is 2.24. The molecule has 17 heavy (non-hydrogen) atoms. The second-order valence-electron chi connectivity index (χ2n) is 4.97. The number of hydrogen-bond acceptors (Lipinski definition) is 3. The Morgan fingerprint density at radius 1 is 1.24 bits per heavy atom. The van der Waals surface area contributed by atoms with Gasteiger partial charge in [-0.15, -0.1) is 0 Å². The molecule has 0 aliphatic carbocycles. The van der Waals surface area contributed by atoms with Crippen molar-refractivity contribution in [3.8, 4) is 5.75 Å². The van der Waals surface area contributed by atoms with Crippen LogP contribution < -0.4 is 5.73 Å². The summed E-state index contributed by atoms with van der Waals surface area (Å²) in [4.78, 5) is 0. The summed E-state index contributed by atoms with van der Waals surface area (Å²) in [7, 11) is 0. The van der Waals surface area contributed by atoms with E-state index in [4.69, 9.17) is 10.5 Å². The Bertz CT molecular complexity index is 374.